The molecule has 2 atom stereocenters. The van der Waals surface area contributed by atoms with Crippen molar-refractivity contribution >= 4 is 15.9 Å². The van der Waals surface area contributed by atoms with E-state index in [2.05, 4.69) is 12.2 Å². The van der Waals surface area contributed by atoms with E-state index in [1.54, 1.807) is 6.92 Å². The molecule has 0 aliphatic carbocycles. The van der Waals surface area contributed by atoms with Crippen LogP contribution in [0.15, 0.2) is 0 Å². The summed E-state index contributed by atoms with van der Waals surface area (Å²) in [5.41, 5.74) is 0. The third-order valence-corrected chi connectivity index (χ3v) is 5.47. The first-order chi connectivity index (χ1) is 8.90. The number of carbonyl (C=O) groups excluding carboxylic acids is 1. The Morgan fingerprint density at radius 2 is 2.11 bits per heavy atom. The monoisotopic (exact) mass is 290 g/mol. The fraction of sp³-hybridized carbons (Fsp3) is 0.923. The van der Waals surface area contributed by atoms with Crippen LogP contribution >= 0.6 is 0 Å². The van der Waals surface area contributed by atoms with Crippen molar-refractivity contribution in [2.45, 2.75) is 52.5 Å². The van der Waals surface area contributed by atoms with Gasteiger partial charge in [0.1, 0.15) is 0 Å². The molecular formula is C13H26N2O3S. The molecule has 0 saturated carbocycles. The lowest BCUT2D eigenvalue weighted by Crippen LogP contribution is -2.47. The van der Waals surface area contributed by atoms with Gasteiger partial charge in [-0.1, -0.05) is 13.3 Å². The number of hydrogen-bond acceptors (Lipinski definition) is 3. The molecule has 0 aromatic rings. The zero-order valence-electron chi connectivity index (χ0n) is 12.2. The van der Waals surface area contributed by atoms with Crippen LogP contribution < -0.4 is 5.32 Å². The van der Waals surface area contributed by atoms with E-state index in [9.17, 15) is 13.2 Å². The average molecular weight is 290 g/mol. The molecule has 19 heavy (non-hydrogen) atoms. The van der Waals surface area contributed by atoms with E-state index in [1.807, 2.05) is 6.92 Å². The van der Waals surface area contributed by atoms with E-state index >= 15 is 0 Å². The standard InChI is InChI=1S/C13H26N2O3S/c1-4-7-11(3)14-13(16)12-8-6-9-15(10-12)19(17,18)5-2/h11-12H,4-10H2,1-3H3,(H,14,16)/t11-,12+/m0/s1. The Morgan fingerprint density at radius 1 is 1.42 bits per heavy atom. The van der Waals surface area contributed by atoms with Crippen molar-refractivity contribution in [3.8, 4) is 0 Å². The zero-order valence-corrected chi connectivity index (χ0v) is 13.0. The Hall–Kier alpha value is -0.620. The molecule has 1 rings (SSSR count). The average Bonchev–Trinajstić information content (AvgIpc) is 2.39. The van der Waals surface area contributed by atoms with Crippen molar-refractivity contribution in [3.05, 3.63) is 0 Å². The molecule has 1 fully saturated rings. The van der Waals surface area contributed by atoms with E-state index in [-0.39, 0.29) is 23.6 Å². The van der Waals surface area contributed by atoms with Crippen molar-refractivity contribution in [2.75, 3.05) is 18.8 Å². The van der Waals surface area contributed by atoms with Crippen LogP contribution in [0.25, 0.3) is 0 Å². The third-order valence-electron chi connectivity index (χ3n) is 3.62. The fourth-order valence-corrected chi connectivity index (χ4v) is 3.64. The molecule has 0 bridgehead atoms. The summed E-state index contributed by atoms with van der Waals surface area (Å²) in [6, 6.07) is 0.163. The van der Waals surface area contributed by atoms with Gasteiger partial charge >= 0.3 is 0 Å². The maximum absolute atomic E-state index is 12.1. The van der Waals surface area contributed by atoms with Gasteiger partial charge in [0.25, 0.3) is 0 Å². The zero-order chi connectivity index (χ0) is 14.5. The molecule has 0 unspecified atom stereocenters. The molecule has 1 aliphatic rings. The van der Waals surface area contributed by atoms with Crippen molar-refractivity contribution < 1.29 is 13.2 Å². The number of amides is 1. The van der Waals surface area contributed by atoms with E-state index in [0.29, 0.717) is 13.1 Å². The number of nitrogens with one attached hydrogen (secondary N) is 1. The van der Waals surface area contributed by atoms with Crippen molar-refractivity contribution in [3.63, 3.8) is 0 Å². The van der Waals surface area contributed by atoms with Crippen LogP contribution in [0.5, 0.6) is 0 Å². The fourth-order valence-electron chi connectivity index (χ4n) is 2.46. The number of sulfonamides is 1. The smallest absolute Gasteiger partial charge is 0.224 e. The Morgan fingerprint density at radius 3 is 2.68 bits per heavy atom. The van der Waals surface area contributed by atoms with E-state index in [4.69, 9.17) is 0 Å². The Kier molecular flexibility index (Phi) is 6.26. The van der Waals surface area contributed by atoms with Crippen LogP contribution in [-0.4, -0.2) is 43.5 Å². The summed E-state index contributed by atoms with van der Waals surface area (Å²) < 4.78 is 25.1. The minimum atomic E-state index is -3.17. The second-order valence-corrected chi connectivity index (χ2v) is 7.55. The summed E-state index contributed by atoms with van der Waals surface area (Å²) in [5, 5.41) is 2.98. The van der Waals surface area contributed by atoms with Crippen LogP contribution in [0, 0.1) is 5.92 Å². The quantitative estimate of drug-likeness (QED) is 0.803. The highest BCUT2D eigenvalue weighted by Crippen LogP contribution is 2.20. The molecule has 0 aromatic heterocycles. The SMILES string of the molecule is CCC[C@H](C)NC(=O)[C@@H]1CCCN(S(=O)(=O)CC)C1. The number of hydrogen-bond donors (Lipinski definition) is 1. The van der Waals surface area contributed by atoms with Gasteiger partial charge < -0.3 is 5.32 Å². The maximum Gasteiger partial charge on any atom is 0.224 e. The predicted molar refractivity (Wildman–Crippen MR) is 76.3 cm³/mol. The number of rotatable bonds is 6. The number of piperidine rings is 1. The molecular weight excluding hydrogens is 264 g/mol. The van der Waals surface area contributed by atoms with Crippen LogP contribution in [0.4, 0.5) is 0 Å². The van der Waals surface area contributed by atoms with Gasteiger partial charge in [-0.25, -0.2) is 12.7 Å². The topological polar surface area (TPSA) is 66.5 Å². The first kappa shape index (κ1) is 16.4. The van der Waals surface area contributed by atoms with Crippen molar-refractivity contribution in [2.24, 2.45) is 5.92 Å². The highest BCUT2D eigenvalue weighted by Gasteiger charge is 2.31. The number of carbonyl (C=O) groups is 1. The minimum absolute atomic E-state index is 0.00282. The van der Waals surface area contributed by atoms with E-state index in [0.717, 1.165) is 25.7 Å². The van der Waals surface area contributed by atoms with Gasteiger partial charge in [0, 0.05) is 19.1 Å². The van der Waals surface area contributed by atoms with Gasteiger partial charge in [-0.2, -0.15) is 0 Å². The molecule has 0 radical (unpaired) electrons. The van der Waals surface area contributed by atoms with Crippen molar-refractivity contribution in [1.29, 1.82) is 0 Å². The lowest BCUT2D eigenvalue weighted by atomic mass is 9.98. The third kappa shape index (κ3) is 4.76. The van der Waals surface area contributed by atoms with Gasteiger partial charge in [0.2, 0.25) is 15.9 Å². The second kappa shape index (κ2) is 7.24. The first-order valence-corrected chi connectivity index (χ1v) is 8.79. The summed E-state index contributed by atoms with van der Waals surface area (Å²) in [6.45, 7) is 6.59. The second-order valence-electron chi connectivity index (χ2n) is 5.30. The summed E-state index contributed by atoms with van der Waals surface area (Å²) >= 11 is 0. The van der Waals surface area contributed by atoms with Crippen molar-refractivity contribution in [1.82, 2.24) is 9.62 Å². The van der Waals surface area contributed by atoms with Crippen LogP contribution in [0.3, 0.4) is 0 Å². The molecule has 1 N–H and O–H groups in total. The van der Waals surface area contributed by atoms with Crippen LogP contribution in [0.1, 0.15) is 46.5 Å². The Balaban J connectivity index is 2.57. The normalized spacial score (nSPS) is 23.0. The molecule has 0 aromatic carbocycles. The molecule has 6 heteroatoms. The summed E-state index contributed by atoms with van der Waals surface area (Å²) in [6.07, 6.45) is 3.53. The Labute approximate surface area is 116 Å². The molecule has 112 valence electrons. The van der Waals surface area contributed by atoms with Gasteiger partial charge in [-0.05, 0) is 33.1 Å². The molecule has 1 heterocycles. The Bertz CT molecular complexity index is 395. The first-order valence-electron chi connectivity index (χ1n) is 7.18. The van der Waals surface area contributed by atoms with Gasteiger partial charge in [0.15, 0.2) is 0 Å². The molecule has 5 nitrogen and oxygen atoms in total. The minimum Gasteiger partial charge on any atom is -0.353 e. The molecule has 1 saturated heterocycles. The van der Waals surface area contributed by atoms with E-state index in [1.165, 1.54) is 4.31 Å². The largest absolute Gasteiger partial charge is 0.353 e. The lowest BCUT2D eigenvalue weighted by molar-refractivity contribution is -0.126. The predicted octanol–water partition coefficient (Wildman–Crippen LogP) is 1.35. The molecule has 1 aliphatic heterocycles. The molecule has 1 amide bonds. The maximum atomic E-state index is 12.1. The van der Waals surface area contributed by atoms with E-state index < -0.39 is 10.0 Å². The summed E-state index contributed by atoms with van der Waals surface area (Å²) in [5.74, 6) is -0.0977. The summed E-state index contributed by atoms with van der Waals surface area (Å²) in [7, 11) is -3.17. The van der Waals surface area contributed by atoms with Gasteiger partial charge in [-0.15, -0.1) is 0 Å². The number of nitrogens with zero attached hydrogens (tertiary/aromatic N) is 1. The van der Waals surface area contributed by atoms with Gasteiger partial charge in [0.05, 0.1) is 11.7 Å². The van der Waals surface area contributed by atoms with Gasteiger partial charge in [-0.3, -0.25) is 4.79 Å². The highest BCUT2D eigenvalue weighted by molar-refractivity contribution is 7.89. The van der Waals surface area contributed by atoms with Crippen LogP contribution in [-0.2, 0) is 14.8 Å². The highest BCUT2D eigenvalue weighted by atomic mass is 32.2. The molecule has 0 spiro atoms. The van der Waals surface area contributed by atoms with Crippen LogP contribution in [0.2, 0.25) is 0 Å². The summed E-state index contributed by atoms with van der Waals surface area (Å²) in [4.78, 5) is 12.1. The lowest BCUT2D eigenvalue weighted by Gasteiger charge is -2.31.